The third-order valence-corrected chi connectivity index (χ3v) is 10.4. The number of rotatable bonds is 9. The summed E-state index contributed by atoms with van der Waals surface area (Å²) in [5.74, 6) is 0.147. The summed E-state index contributed by atoms with van der Waals surface area (Å²) in [7, 11) is 0. The highest BCUT2D eigenvalue weighted by Gasteiger charge is 2.31. The number of carbonyl (C=O) groups excluding carboxylic acids is 1. The summed E-state index contributed by atoms with van der Waals surface area (Å²) in [6.07, 6.45) is 7.10. The SMILES string of the molecule is CC(C)(CNC(=O)c1nc(CC2CCCCC2)c(-c2ccc(CN3CCOCC3(C)C)c3ccccc23)s1)c1noc(=O)[nH]1. The van der Waals surface area contributed by atoms with Gasteiger partial charge in [0.2, 0.25) is 0 Å². The van der Waals surface area contributed by atoms with E-state index in [1.54, 1.807) is 0 Å². The van der Waals surface area contributed by atoms with E-state index in [2.05, 4.69) is 75.1 Å². The summed E-state index contributed by atoms with van der Waals surface area (Å²) in [6, 6.07) is 13.1. The average Bonchev–Trinajstić information content (AvgIpc) is 3.64. The van der Waals surface area contributed by atoms with Crippen LogP contribution in [0.4, 0.5) is 0 Å². The van der Waals surface area contributed by atoms with Gasteiger partial charge in [-0.15, -0.1) is 11.3 Å². The zero-order valence-electron chi connectivity index (χ0n) is 26.2. The van der Waals surface area contributed by atoms with Crippen LogP contribution >= 0.6 is 11.3 Å². The van der Waals surface area contributed by atoms with Crippen molar-refractivity contribution in [1.29, 1.82) is 0 Å². The maximum atomic E-state index is 13.5. The number of thiazole rings is 1. The largest absolute Gasteiger partial charge is 0.438 e. The average molecular weight is 618 g/mol. The molecule has 4 aromatic rings. The van der Waals surface area contributed by atoms with Crippen LogP contribution in [-0.4, -0.2) is 57.8 Å². The van der Waals surface area contributed by atoms with Crippen molar-refractivity contribution in [1.82, 2.24) is 25.3 Å². The van der Waals surface area contributed by atoms with Crippen LogP contribution in [0.1, 0.15) is 86.7 Å². The van der Waals surface area contributed by atoms with E-state index in [0.717, 1.165) is 48.9 Å². The number of aromatic amines is 1. The molecule has 6 rings (SSSR count). The van der Waals surface area contributed by atoms with Gasteiger partial charge in [0.15, 0.2) is 10.8 Å². The molecule has 2 fully saturated rings. The standard InChI is InChI=1S/C34H43N5O4S/c1-33(2,31-37-32(41)43-38-31)20-35-29(40)30-36-27(18-22-10-6-5-7-11-22)28(44-30)26-15-14-23(24-12-8-9-13-25(24)26)19-39-16-17-42-21-34(39,3)4/h8-9,12-15,22H,5-7,10-11,16-21H2,1-4H3,(H,35,40)(H,37,38,41). The number of morpholine rings is 1. The van der Waals surface area contributed by atoms with Gasteiger partial charge in [0.1, 0.15) is 0 Å². The Morgan fingerprint density at radius 3 is 2.64 bits per heavy atom. The van der Waals surface area contributed by atoms with Crippen LogP contribution < -0.4 is 11.1 Å². The number of aromatic nitrogens is 3. The molecule has 0 unspecified atom stereocenters. The van der Waals surface area contributed by atoms with E-state index in [1.165, 1.54) is 59.8 Å². The molecule has 0 atom stereocenters. The van der Waals surface area contributed by atoms with Crippen molar-refractivity contribution >= 4 is 28.0 Å². The van der Waals surface area contributed by atoms with Crippen molar-refractivity contribution in [2.24, 2.45) is 5.92 Å². The molecule has 9 nitrogen and oxygen atoms in total. The van der Waals surface area contributed by atoms with Gasteiger partial charge in [0.05, 0.1) is 23.8 Å². The van der Waals surface area contributed by atoms with Gasteiger partial charge in [-0.1, -0.05) is 87.5 Å². The number of nitrogens with zero attached hydrogens (tertiary/aromatic N) is 3. The number of fused-ring (bicyclic) bond motifs is 1. The lowest BCUT2D eigenvalue weighted by Crippen LogP contribution is -2.52. The maximum absolute atomic E-state index is 13.5. The number of ether oxygens (including phenoxy) is 1. The molecule has 1 amide bonds. The number of nitrogens with one attached hydrogen (secondary N) is 2. The monoisotopic (exact) mass is 617 g/mol. The Morgan fingerprint density at radius 1 is 1.14 bits per heavy atom. The van der Waals surface area contributed by atoms with Crippen LogP contribution in [0.15, 0.2) is 45.7 Å². The third-order valence-electron chi connectivity index (χ3n) is 9.31. The predicted octanol–water partition coefficient (Wildman–Crippen LogP) is 6.08. The minimum atomic E-state index is -0.617. The van der Waals surface area contributed by atoms with Crippen LogP contribution in [0.25, 0.3) is 21.2 Å². The summed E-state index contributed by atoms with van der Waals surface area (Å²) >= 11 is 1.47. The summed E-state index contributed by atoms with van der Waals surface area (Å²) in [4.78, 5) is 36.2. The van der Waals surface area contributed by atoms with Crippen LogP contribution in [0.5, 0.6) is 0 Å². The molecule has 1 aliphatic heterocycles. The molecule has 2 N–H and O–H groups in total. The lowest BCUT2D eigenvalue weighted by molar-refractivity contribution is -0.0551. The number of benzene rings is 2. The number of hydrogen-bond donors (Lipinski definition) is 2. The molecule has 3 heterocycles. The molecular weight excluding hydrogens is 574 g/mol. The van der Waals surface area contributed by atoms with Crippen LogP contribution in [0.2, 0.25) is 0 Å². The van der Waals surface area contributed by atoms with Gasteiger partial charge >= 0.3 is 5.76 Å². The molecule has 2 aromatic carbocycles. The quantitative estimate of drug-likeness (QED) is 0.234. The second-order valence-corrected chi connectivity index (χ2v) is 14.6. The summed E-state index contributed by atoms with van der Waals surface area (Å²) in [5, 5.41) is 9.74. The first kappa shape index (κ1) is 30.7. The van der Waals surface area contributed by atoms with Gasteiger partial charge in [-0.05, 0) is 42.5 Å². The van der Waals surface area contributed by atoms with Gasteiger partial charge in [0, 0.05) is 36.2 Å². The molecule has 44 heavy (non-hydrogen) atoms. The van der Waals surface area contributed by atoms with E-state index >= 15 is 0 Å². The number of amides is 1. The van der Waals surface area contributed by atoms with Crippen molar-refractivity contribution in [2.75, 3.05) is 26.3 Å². The second-order valence-electron chi connectivity index (χ2n) is 13.6. The van der Waals surface area contributed by atoms with E-state index in [9.17, 15) is 9.59 Å². The third kappa shape index (κ3) is 6.53. The lowest BCUT2D eigenvalue weighted by Gasteiger charge is -2.42. The first-order valence-corrected chi connectivity index (χ1v) is 16.6. The second kappa shape index (κ2) is 12.6. The molecule has 234 valence electrons. The molecule has 1 saturated carbocycles. The fourth-order valence-corrected chi connectivity index (χ4v) is 7.58. The molecule has 10 heteroatoms. The number of carbonyl (C=O) groups is 1. The van der Waals surface area contributed by atoms with E-state index in [1.807, 2.05) is 13.8 Å². The van der Waals surface area contributed by atoms with Crippen LogP contribution in [0, 0.1) is 5.92 Å². The van der Waals surface area contributed by atoms with Crippen molar-refractivity contribution in [3.63, 3.8) is 0 Å². The van der Waals surface area contributed by atoms with E-state index in [-0.39, 0.29) is 18.0 Å². The molecule has 0 radical (unpaired) electrons. The summed E-state index contributed by atoms with van der Waals surface area (Å²) < 4.78 is 10.5. The van der Waals surface area contributed by atoms with Crippen molar-refractivity contribution in [2.45, 2.75) is 83.7 Å². The fraction of sp³-hybridized carbons (Fsp3) is 0.529. The Hall–Kier alpha value is -3.34. The van der Waals surface area contributed by atoms with Gasteiger partial charge in [-0.2, -0.15) is 0 Å². The van der Waals surface area contributed by atoms with Crippen LogP contribution in [-0.2, 0) is 23.1 Å². The van der Waals surface area contributed by atoms with Gasteiger partial charge in [-0.25, -0.2) is 9.78 Å². The van der Waals surface area contributed by atoms with E-state index < -0.39 is 11.2 Å². The van der Waals surface area contributed by atoms with Crippen molar-refractivity contribution in [3.8, 4) is 10.4 Å². The van der Waals surface area contributed by atoms with E-state index in [4.69, 9.17) is 9.72 Å². The summed E-state index contributed by atoms with van der Waals surface area (Å²) in [5.41, 5.74) is 2.80. The summed E-state index contributed by atoms with van der Waals surface area (Å²) in [6.45, 7) is 11.8. The zero-order chi connectivity index (χ0) is 30.9. The molecule has 0 spiro atoms. The Kier molecular flexibility index (Phi) is 8.77. The normalized spacial score (nSPS) is 18.1. The Balaban J connectivity index is 1.33. The minimum absolute atomic E-state index is 0.0251. The highest BCUT2D eigenvalue weighted by Crippen LogP contribution is 2.40. The minimum Gasteiger partial charge on any atom is -0.378 e. The number of H-pyrrole nitrogens is 1. The maximum Gasteiger partial charge on any atom is 0.438 e. The Morgan fingerprint density at radius 2 is 1.91 bits per heavy atom. The first-order chi connectivity index (χ1) is 21.1. The number of hydrogen-bond acceptors (Lipinski definition) is 8. The highest BCUT2D eigenvalue weighted by molar-refractivity contribution is 7.17. The molecule has 2 aliphatic rings. The van der Waals surface area contributed by atoms with Crippen LogP contribution in [0.3, 0.4) is 0 Å². The molecule has 0 bridgehead atoms. The van der Waals surface area contributed by atoms with Gasteiger partial charge in [-0.3, -0.25) is 19.2 Å². The molecule has 2 aromatic heterocycles. The predicted molar refractivity (Wildman–Crippen MR) is 173 cm³/mol. The molecular formula is C34H43N5O4S. The first-order valence-electron chi connectivity index (χ1n) is 15.8. The van der Waals surface area contributed by atoms with E-state index in [0.29, 0.717) is 16.7 Å². The van der Waals surface area contributed by atoms with Gasteiger partial charge in [0.25, 0.3) is 5.91 Å². The van der Waals surface area contributed by atoms with Gasteiger partial charge < -0.3 is 10.1 Å². The molecule has 1 aliphatic carbocycles. The smallest absolute Gasteiger partial charge is 0.378 e. The van der Waals surface area contributed by atoms with Crippen molar-refractivity contribution < 1.29 is 14.1 Å². The van der Waals surface area contributed by atoms with Crippen molar-refractivity contribution in [3.05, 3.63) is 69.0 Å². The lowest BCUT2D eigenvalue weighted by atomic mass is 9.85. The fourth-order valence-electron chi connectivity index (χ4n) is 6.53. The Bertz CT molecular complexity index is 1680. The Labute approximate surface area is 262 Å². The highest BCUT2D eigenvalue weighted by atomic mass is 32.1. The topological polar surface area (TPSA) is 113 Å². The molecule has 1 saturated heterocycles. The zero-order valence-corrected chi connectivity index (χ0v) is 27.0.